The first-order chi connectivity index (χ1) is 16.8. The number of amides is 4. The van der Waals surface area contributed by atoms with Gasteiger partial charge in [-0.3, -0.25) is 19.8 Å². The fourth-order valence-electron chi connectivity index (χ4n) is 4.92. The number of nitrogens with zero attached hydrogens (tertiary/aromatic N) is 3. The third-order valence-electron chi connectivity index (χ3n) is 6.68. The maximum Gasteiger partial charge on any atom is 0.324 e. The molecule has 1 aromatic carbocycles. The average Bonchev–Trinajstić information content (AvgIpc) is 3.65. The summed E-state index contributed by atoms with van der Waals surface area (Å²) in [4.78, 5) is 40.4. The van der Waals surface area contributed by atoms with Crippen molar-refractivity contribution in [3.05, 3.63) is 29.3 Å². The van der Waals surface area contributed by atoms with Crippen LogP contribution in [0.1, 0.15) is 48.5 Å². The molecule has 3 N–H and O–H groups in total. The van der Waals surface area contributed by atoms with Gasteiger partial charge in [-0.2, -0.15) is 5.26 Å². The van der Waals surface area contributed by atoms with E-state index in [0.717, 1.165) is 32.4 Å². The van der Waals surface area contributed by atoms with Crippen LogP contribution in [0.2, 0.25) is 0 Å². The minimum Gasteiger partial charge on any atom is -0.490 e. The molecule has 1 aromatic rings. The molecule has 2 saturated heterocycles. The normalized spacial score (nSPS) is 22.6. The number of aliphatic hydroxyl groups is 1. The van der Waals surface area contributed by atoms with Gasteiger partial charge in [0.1, 0.15) is 18.5 Å². The number of fused-ring (bicyclic) bond motifs is 2. The van der Waals surface area contributed by atoms with E-state index >= 15 is 0 Å². The van der Waals surface area contributed by atoms with Crippen molar-refractivity contribution in [2.75, 3.05) is 39.3 Å². The van der Waals surface area contributed by atoms with E-state index in [9.17, 15) is 24.8 Å². The summed E-state index contributed by atoms with van der Waals surface area (Å²) in [5.41, 5.74) is 0.677. The second-order valence-electron chi connectivity index (χ2n) is 9.83. The molecule has 0 spiro atoms. The molecule has 1 aliphatic carbocycles. The number of imide groups is 1. The van der Waals surface area contributed by atoms with Crippen molar-refractivity contribution in [1.82, 2.24) is 20.4 Å². The van der Waals surface area contributed by atoms with Crippen LogP contribution in [0.4, 0.5) is 4.79 Å². The first kappa shape index (κ1) is 24.9. The van der Waals surface area contributed by atoms with Gasteiger partial charge in [0.05, 0.1) is 17.2 Å². The van der Waals surface area contributed by atoms with Crippen LogP contribution in [0.15, 0.2) is 18.2 Å². The summed E-state index contributed by atoms with van der Waals surface area (Å²) in [5.74, 6) is 0.377. The Morgan fingerprint density at radius 1 is 1.20 bits per heavy atom. The highest BCUT2D eigenvalue weighted by atomic mass is 16.5. The van der Waals surface area contributed by atoms with Crippen LogP contribution in [0.5, 0.6) is 5.75 Å². The second-order valence-corrected chi connectivity index (χ2v) is 9.83. The Bertz CT molecular complexity index is 990. The largest absolute Gasteiger partial charge is 0.490 e. The lowest BCUT2D eigenvalue weighted by Gasteiger charge is -2.46. The van der Waals surface area contributed by atoms with Gasteiger partial charge in [-0.05, 0) is 49.3 Å². The van der Waals surface area contributed by atoms with Crippen molar-refractivity contribution < 1.29 is 24.2 Å². The molecule has 2 aliphatic heterocycles. The lowest BCUT2D eigenvalue weighted by atomic mass is 9.84. The van der Waals surface area contributed by atoms with E-state index in [1.54, 1.807) is 24.0 Å². The third kappa shape index (κ3) is 6.71. The molecular weight excluding hydrogens is 450 g/mol. The van der Waals surface area contributed by atoms with Crippen LogP contribution >= 0.6 is 0 Å². The molecule has 1 saturated carbocycles. The minimum absolute atomic E-state index is 0.0229. The molecule has 2 bridgehead atoms. The maximum absolute atomic E-state index is 12.6. The zero-order valence-electron chi connectivity index (χ0n) is 20.0. The summed E-state index contributed by atoms with van der Waals surface area (Å²) in [6, 6.07) is 6.61. The van der Waals surface area contributed by atoms with E-state index in [2.05, 4.69) is 15.5 Å². The predicted octanol–water partition coefficient (Wildman–Crippen LogP) is 1.09. The van der Waals surface area contributed by atoms with E-state index in [1.165, 1.54) is 6.07 Å². The van der Waals surface area contributed by atoms with E-state index < -0.39 is 6.10 Å². The number of rotatable bonds is 8. The van der Waals surface area contributed by atoms with E-state index in [0.29, 0.717) is 36.5 Å². The molecule has 188 valence electrons. The predicted molar refractivity (Wildman–Crippen MR) is 127 cm³/mol. The third-order valence-corrected chi connectivity index (χ3v) is 6.68. The standard InChI is InChI=1S/C25H33N5O5/c1-2-23(32)28-25(34)30-12-17-7-18(13-30)11-29(10-17)14-20(31)15-35-22-6-3-16(9-26)8-21(22)24(33)27-19-4-5-19/h3,6,8,17-20,31H,2,4-5,7,10-15H2,1H3,(H,27,33)(H,28,32,34). The Morgan fingerprint density at radius 2 is 1.91 bits per heavy atom. The number of carbonyl (C=O) groups is 3. The topological polar surface area (TPSA) is 135 Å². The van der Waals surface area contributed by atoms with Crippen LogP contribution in [-0.4, -0.2) is 84.2 Å². The van der Waals surface area contributed by atoms with Crippen molar-refractivity contribution in [3.8, 4) is 11.8 Å². The Kier molecular flexibility index (Phi) is 7.88. The monoisotopic (exact) mass is 483 g/mol. The van der Waals surface area contributed by atoms with Crippen LogP contribution in [0.25, 0.3) is 0 Å². The number of hydrogen-bond donors (Lipinski definition) is 3. The van der Waals surface area contributed by atoms with Gasteiger partial charge in [0.15, 0.2) is 0 Å². The molecule has 10 heteroatoms. The molecule has 3 unspecified atom stereocenters. The van der Waals surface area contributed by atoms with Gasteiger partial charge < -0.3 is 20.1 Å². The summed E-state index contributed by atoms with van der Waals surface area (Å²) in [6.45, 7) is 4.85. The molecular formula is C25H33N5O5. The van der Waals surface area contributed by atoms with Crippen molar-refractivity contribution in [2.45, 2.75) is 44.8 Å². The first-order valence-electron chi connectivity index (χ1n) is 12.3. The summed E-state index contributed by atoms with van der Waals surface area (Å²) in [7, 11) is 0. The maximum atomic E-state index is 12.6. The fraction of sp³-hybridized carbons (Fsp3) is 0.600. The first-order valence-corrected chi connectivity index (χ1v) is 12.3. The SMILES string of the molecule is CCC(=O)NC(=O)N1CC2CC(CN(CC(O)COc3ccc(C#N)cc3C(=O)NC3CC3)C2)C1. The lowest BCUT2D eigenvalue weighted by molar-refractivity contribution is -0.120. The Morgan fingerprint density at radius 3 is 2.54 bits per heavy atom. The van der Waals surface area contributed by atoms with Gasteiger partial charge >= 0.3 is 6.03 Å². The molecule has 0 radical (unpaired) electrons. The molecule has 4 amide bonds. The van der Waals surface area contributed by atoms with Crippen molar-refractivity contribution >= 4 is 17.8 Å². The van der Waals surface area contributed by atoms with Crippen molar-refractivity contribution in [1.29, 1.82) is 5.26 Å². The Labute approximate surface area is 205 Å². The number of carbonyl (C=O) groups excluding carboxylic acids is 3. The molecule has 3 fully saturated rings. The fourth-order valence-corrected chi connectivity index (χ4v) is 4.92. The molecule has 10 nitrogen and oxygen atoms in total. The van der Waals surface area contributed by atoms with Crippen molar-refractivity contribution in [3.63, 3.8) is 0 Å². The number of piperidine rings is 2. The molecule has 0 aromatic heterocycles. The number of likely N-dealkylation sites (tertiary alicyclic amines) is 2. The minimum atomic E-state index is -0.759. The number of urea groups is 1. The second kappa shape index (κ2) is 11.1. The van der Waals surface area contributed by atoms with Crippen LogP contribution in [-0.2, 0) is 4.79 Å². The van der Waals surface area contributed by atoms with Gasteiger partial charge in [0.2, 0.25) is 5.91 Å². The van der Waals surface area contributed by atoms with Crippen LogP contribution in [0, 0.1) is 23.2 Å². The van der Waals surface area contributed by atoms with Gasteiger partial charge in [-0.15, -0.1) is 0 Å². The highest BCUT2D eigenvalue weighted by molar-refractivity contribution is 5.97. The van der Waals surface area contributed by atoms with E-state index in [4.69, 9.17) is 4.74 Å². The number of nitrogens with one attached hydrogen (secondary N) is 2. The Balaban J connectivity index is 1.28. The average molecular weight is 484 g/mol. The summed E-state index contributed by atoms with van der Waals surface area (Å²) >= 11 is 0. The smallest absolute Gasteiger partial charge is 0.324 e. The highest BCUT2D eigenvalue weighted by Gasteiger charge is 2.36. The zero-order chi connectivity index (χ0) is 24.9. The van der Waals surface area contributed by atoms with Gasteiger partial charge in [0.25, 0.3) is 5.91 Å². The zero-order valence-corrected chi connectivity index (χ0v) is 20.0. The van der Waals surface area contributed by atoms with E-state index in [-0.39, 0.29) is 48.8 Å². The number of ether oxygens (including phenoxy) is 1. The van der Waals surface area contributed by atoms with Crippen LogP contribution < -0.4 is 15.4 Å². The summed E-state index contributed by atoms with van der Waals surface area (Å²) in [5, 5.41) is 25.2. The molecule has 4 rings (SSSR count). The number of nitriles is 1. The van der Waals surface area contributed by atoms with Gasteiger partial charge in [-0.1, -0.05) is 6.92 Å². The van der Waals surface area contributed by atoms with E-state index in [1.807, 2.05) is 6.07 Å². The molecule has 3 aliphatic rings. The van der Waals surface area contributed by atoms with Gasteiger partial charge in [-0.25, -0.2) is 4.79 Å². The highest BCUT2D eigenvalue weighted by Crippen LogP contribution is 2.29. The van der Waals surface area contributed by atoms with Gasteiger partial charge in [0, 0.05) is 45.2 Å². The Hall–Kier alpha value is -3.16. The summed E-state index contributed by atoms with van der Waals surface area (Å²) in [6.07, 6.45) is 2.45. The van der Waals surface area contributed by atoms with Crippen molar-refractivity contribution in [2.24, 2.45) is 11.8 Å². The number of benzene rings is 1. The molecule has 35 heavy (non-hydrogen) atoms. The number of aliphatic hydroxyl groups excluding tert-OH is 1. The van der Waals surface area contributed by atoms with Crippen LogP contribution in [0.3, 0.4) is 0 Å². The number of β-amino-alcohol motifs (C(OH)–C–C–N with tert-alkyl or cyclic N) is 1. The number of hydrogen-bond acceptors (Lipinski definition) is 7. The quantitative estimate of drug-likeness (QED) is 0.504. The summed E-state index contributed by atoms with van der Waals surface area (Å²) < 4.78 is 5.81. The molecule has 2 heterocycles. The lowest BCUT2D eigenvalue weighted by Crippen LogP contribution is -2.57. The molecule has 3 atom stereocenters.